The van der Waals surface area contributed by atoms with Crippen molar-refractivity contribution in [2.45, 2.75) is 37.8 Å². The molecule has 0 bridgehead atoms. The Morgan fingerprint density at radius 2 is 2.05 bits per heavy atom. The number of nitrogens with two attached hydrogens (primary N) is 1. The summed E-state index contributed by atoms with van der Waals surface area (Å²) in [4.78, 5) is 11.7. The number of rotatable bonds is 4. The second-order valence-electron chi connectivity index (χ2n) is 5.04. The van der Waals surface area contributed by atoms with Crippen molar-refractivity contribution in [1.82, 2.24) is 5.32 Å². The Morgan fingerprint density at radius 1 is 1.38 bits per heavy atom. The fourth-order valence-electron chi connectivity index (χ4n) is 2.25. The highest BCUT2D eigenvalue weighted by atomic mass is 35.5. The fourth-order valence-corrected chi connectivity index (χ4v) is 2.37. The molecule has 1 aliphatic rings. The number of ether oxygens (including phenoxy) is 1. The van der Waals surface area contributed by atoms with Crippen LogP contribution in [-0.4, -0.2) is 24.6 Å². The quantitative estimate of drug-likeness (QED) is 0.888. The minimum Gasteiger partial charge on any atom is -0.484 e. The molecule has 1 aromatic rings. The van der Waals surface area contributed by atoms with Crippen LogP contribution in [0.15, 0.2) is 18.2 Å². The summed E-state index contributed by atoms with van der Waals surface area (Å²) in [6, 6.07) is 4.49. The minimum atomic E-state index is -0.564. The summed E-state index contributed by atoms with van der Waals surface area (Å²) in [5.41, 5.74) is 5.81. The molecule has 1 saturated carbocycles. The molecule has 0 radical (unpaired) electrons. The molecule has 3 N–H and O–H groups in total. The van der Waals surface area contributed by atoms with Gasteiger partial charge in [0.05, 0.1) is 5.02 Å². The van der Waals surface area contributed by atoms with E-state index >= 15 is 0 Å². The van der Waals surface area contributed by atoms with E-state index in [9.17, 15) is 9.18 Å². The summed E-state index contributed by atoms with van der Waals surface area (Å²) in [7, 11) is 0. The lowest BCUT2D eigenvalue weighted by Gasteiger charge is -2.26. The molecule has 118 valence electrons. The molecular formula is C14H19Cl2FN2O2. The monoisotopic (exact) mass is 336 g/mol. The third-order valence-corrected chi connectivity index (χ3v) is 3.70. The standard InChI is InChI=1S/C14H18ClFN2O2.ClH/c15-12-6-5-11(7-13(12)16)20-8-14(19)18-10-3-1-9(17)2-4-10;/h5-7,9-10H,1-4,8,17H2,(H,18,19);1H. The molecular weight excluding hydrogens is 318 g/mol. The Balaban J connectivity index is 0.00000220. The molecule has 1 fully saturated rings. The van der Waals surface area contributed by atoms with E-state index in [-0.39, 0.29) is 47.8 Å². The minimum absolute atomic E-state index is 0. The van der Waals surface area contributed by atoms with Gasteiger partial charge in [0.2, 0.25) is 0 Å². The summed E-state index contributed by atoms with van der Waals surface area (Å²) in [6.45, 7) is -0.135. The molecule has 21 heavy (non-hydrogen) atoms. The molecule has 1 aliphatic carbocycles. The predicted molar refractivity (Wildman–Crippen MR) is 82.5 cm³/mol. The molecule has 1 aromatic carbocycles. The highest BCUT2D eigenvalue weighted by Gasteiger charge is 2.20. The number of carbonyl (C=O) groups excluding carboxylic acids is 1. The molecule has 0 saturated heterocycles. The smallest absolute Gasteiger partial charge is 0.258 e. The Morgan fingerprint density at radius 3 is 2.67 bits per heavy atom. The predicted octanol–water partition coefficient (Wildman–Crippen LogP) is 2.67. The van der Waals surface area contributed by atoms with Crippen LogP contribution in [0.2, 0.25) is 5.02 Å². The first-order chi connectivity index (χ1) is 9.54. The van der Waals surface area contributed by atoms with Gasteiger partial charge in [0, 0.05) is 18.2 Å². The zero-order valence-electron chi connectivity index (χ0n) is 11.5. The number of benzene rings is 1. The van der Waals surface area contributed by atoms with Crippen LogP contribution in [0.5, 0.6) is 5.75 Å². The normalized spacial score (nSPS) is 21.3. The second-order valence-corrected chi connectivity index (χ2v) is 5.45. The van der Waals surface area contributed by atoms with Gasteiger partial charge >= 0.3 is 0 Å². The second kappa shape index (κ2) is 8.41. The number of hydrogen-bond acceptors (Lipinski definition) is 3. The molecule has 0 unspecified atom stereocenters. The van der Waals surface area contributed by atoms with E-state index in [1.54, 1.807) is 0 Å². The largest absolute Gasteiger partial charge is 0.484 e. The van der Waals surface area contributed by atoms with Crippen LogP contribution in [0.4, 0.5) is 4.39 Å². The lowest BCUT2D eigenvalue weighted by Crippen LogP contribution is -2.42. The van der Waals surface area contributed by atoms with Crippen LogP contribution >= 0.6 is 24.0 Å². The Hall–Kier alpha value is -1.04. The first-order valence-electron chi connectivity index (χ1n) is 6.67. The van der Waals surface area contributed by atoms with E-state index in [2.05, 4.69) is 5.32 Å². The van der Waals surface area contributed by atoms with Crippen LogP contribution in [-0.2, 0) is 4.79 Å². The molecule has 4 nitrogen and oxygen atoms in total. The Labute approximate surface area is 134 Å². The highest BCUT2D eigenvalue weighted by Crippen LogP contribution is 2.20. The SMILES string of the molecule is Cl.NC1CCC(NC(=O)COc2ccc(Cl)c(F)c2)CC1. The third-order valence-electron chi connectivity index (χ3n) is 3.40. The van der Waals surface area contributed by atoms with Gasteiger partial charge < -0.3 is 15.8 Å². The van der Waals surface area contributed by atoms with Gasteiger partial charge in [-0.1, -0.05) is 11.6 Å². The van der Waals surface area contributed by atoms with E-state index in [1.807, 2.05) is 0 Å². The number of carbonyl (C=O) groups is 1. The number of halogens is 3. The molecule has 0 aromatic heterocycles. The molecule has 1 amide bonds. The Bertz CT molecular complexity index is 480. The van der Waals surface area contributed by atoms with Gasteiger partial charge in [0.1, 0.15) is 11.6 Å². The maximum absolute atomic E-state index is 13.2. The topological polar surface area (TPSA) is 64.3 Å². The first-order valence-corrected chi connectivity index (χ1v) is 7.05. The first kappa shape index (κ1) is 18.0. The van der Waals surface area contributed by atoms with Gasteiger partial charge in [-0.2, -0.15) is 0 Å². The molecule has 2 rings (SSSR count). The third kappa shape index (κ3) is 5.69. The highest BCUT2D eigenvalue weighted by molar-refractivity contribution is 6.30. The van der Waals surface area contributed by atoms with Gasteiger partial charge in [0.25, 0.3) is 5.91 Å². The van der Waals surface area contributed by atoms with Gasteiger partial charge in [0.15, 0.2) is 6.61 Å². The van der Waals surface area contributed by atoms with E-state index in [0.717, 1.165) is 31.7 Å². The molecule has 0 heterocycles. The molecule has 7 heteroatoms. The van der Waals surface area contributed by atoms with Crippen molar-refractivity contribution in [2.24, 2.45) is 5.73 Å². The summed E-state index contributed by atoms with van der Waals surface area (Å²) in [5, 5.41) is 2.92. The fraction of sp³-hybridized carbons (Fsp3) is 0.500. The van der Waals surface area contributed by atoms with Crippen LogP contribution in [0, 0.1) is 5.82 Å². The van der Waals surface area contributed by atoms with Crippen LogP contribution in [0.25, 0.3) is 0 Å². The van der Waals surface area contributed by atoms with E-state index in [1.165, 1.54) is 12.1 Å². The summed E-state index contributed by atoms with van der Waals surface area (Å²) in [5.74, 6) is -0.487. The van der Waals surface area contributed by atoms with Crippen LogP contribution in [0.1, 0.15) is 25.7 Å². The number of amides is 1. The maximum atomic E-state index is 13.2. The zero-order valence-corrected chi connectivity index (χ0v) is 13.1. The van der Waals surface area contributed by atoms with E-state index < -0.39 is 5.82 Å². The zero-order chi connectivity index (χ0) is 14.5. The van der Waals surface area contributed by atoms with Crippen molar-refractivity contribution >= 4 is 29.9 Å². The van der Waals surface area contributed by atoms with E-state index in [4.69, 9.17) is 22.1 Å². The van der Waals surface area contributed by atoms with Crippen molar-refractivity contribution in [1.29, 1.82) is 0 Å². The van der Waals surface area contributed by atoms with Crippen molar-refractivity contribution in [2.75, 3.05) is 6.61 Å². The van der Waals surface area contributed by atoms with Gasteiger partial charge in [-0.3, -0.25) is 4.79 Å². The van der Waals surface area contributed by atoms with Crippen molar-refractivity contribution in [3.05, 3.63) is 29.0 Å². The van der Waals surface area contributed by atoms with Crippen LogP contribution < -0.4 is 15.8 Å². The van der Waals surface area contributed by atoms with Crippen molar-refractivity contribution in [3.63, 3.8) is 0 Å². The summed E-state index contributed by atoms with van der Waals surface area (Å²) >= 11 is 5.56. The lowest BCUT2D eigenvalue weighted by atomic mass is 9.92. The van der Waals surface area contributed by atoms with Gasteiger partial charge in [-0.05, 0) is 37.8 Å². The number of hydrogen-bond donors (Lipinski definition) is 2. The lowest BCUT2D eigenvalue weighted by molar-refractivity contribution is -0.124. The number of nitrogens with one attached hydrogen (secondary N) is 1. The van der Waals surface area contributed by atoms with E-state index in [0.29, 0.717) is 0 Å². The summed E-state index contributed by atoms with van der Waals surface area (Å²) in [6.07, 6.45) is 3.63. The molecule has 0 aliphatic heterocycles. The Kier molecular flexibility index (Phi) is 7.22. The molecule has 0 atom stereocenters. The van der Waals surface area contributed by atoms with Crippen molar-refractivity contribution < 1.29 is 13.9 Å². The average Bonchev–Trinajstić information content (AvgIpc) is 2.43. The van der Waals surface area contributed by atoms with Gasteiger partial charge in [-0.15, -0.1) is 12.4 Å². The average molecular weight is 337 g/mol. The maximum Gasteiger partial charge on any atom is 0.258 e. The van der Waals surface area contributed by atoms with Crippen molar-refractivity contribution in [3.8, 4) is 5.75 Å². The van der Waals surface area contributed by atoms with Gasteiger partial charge in [-0.25, -0.2) is 4.39 Å². The molecule has 0 spiro atoms. The summed E-state index contributed by atoms with van der Waals surface area (Å²) < 4.78 is 18.4. The van der Waals surface area contributed by atoms with Crippen LogP contribution in [0.3, 0.4) is 0 Å².